The second-order valence-electron chi connectivity index (χ2n) is 5.29. The van der Waals surface area contributed by atoms with Gasteiger partial charge in [0.05, 0.1) is 19.3 Å². The zero-order chi connectivity index (χ0) is 12.5. The van der Waals surface area contributed by atoms with Gasteiger partial charge in [0, 0.05) is 18.6 Å². The summed E-state index contributed by atoms with van der Waals surface area (Å²) in [5, 5.41) is 10.5. The van der Waals surface area contributed by atoms with Crippen LogP contribution in [-0.2, 0) is 11.2 Å². The van der Waals surface area contributed by atoms with E-state index in [1.54, 1.807) is 0 Å². The van der Waals surface area contributed by atoms with Crippen LogP contribution in [0.25, 0.3) is 0 Å². The molecule has 3 heteroatoms. The number of benzene rings is 1. The maximum absolute atomic E-state index is 10.5. The molecule has 1 aromatic carbocycles. The molecule has 3 atom stereocenters. The highest BCUT2D eigenvalue weighted by Crippen LogP contribution is 2.35. The molecule has 0 spiro atoms. The minimum atomic E-state index is -0.339. The zero-order valence-corrected chi connectivity index (χ0v) is 10.9. The Morgan fingerprint density at radius 2 is 2.22 bits per heavy atom. The lowest BCUT2D eigenvalue weighted by Crippen LogP contribution is -2.51. The molecule has 0 saturated carbocycles. The van der Waals surface area contributed by atoms with Gasteiger partial charge in [0.1, 0.15) is 0 Å². The van der Waals surface area contributed by atoms with Crippen LogP contribution >= 0.6 is 0 Å². The fourth-order valence-electron chi connectivity index (χ4n) is 3.31. The second kappa shape index (κ2) is 5.00. The molecule has 0 amide bonds. The number of ether oxygens (including phenoxy) is 1. The van der Waals surface area contributed by atoms with E-state index in [0.717, 1.165) is 38.2 Å². The van der Waals surface area contributed by atoms with Crippen molar-refractivity contribution in [2.24, 2.45) is 0 Å². The molecule has 3 nitrogen and oxygen atoms in total. The summed E-state index contributed by atoms with van der Waals surface area (Å²) in [6, 6.07) is 8.96. The minimum Gasteiger partial charge on any atom is -0.387 e. The van der Waals surface area contributed by atoms with E-state index < -0.39 is 0 Å². The van der Waals surface area contributed by atoms with Crippen molar-refractivity contribution in [3.8, 4) is 0 Å². The highest BCUT2D eigenvalue weighted by Gasteiger charge is 2.38. The number of fused-ring (bicyclic) bond motifs is 1. The molecule has 0 aromatic heterocycles. The van der Waals surface area contributed by atoms with Crippen LogP contribution in [-0.4, -0.2) is 41.8 Å². The summed E-state index contributed by atoms with van der Waals surface area (Å²) in [6.07, 6.45) is 1.71. The van der Waals surface area contributed by atoms with Gasteiger partial charge in [-0.15, -0.1) is 0 Å². The monoisotopic (exact) mass is 247 g/mol. The van der Waals surface area contributed by atoms with Crippen molar-refractivity contribution in [3.63, 3.8) is 0 Å². The first-order valence-corrected chi connectivity index (χ1v) is 6.90. The Labute approximate surface area is 108 Å². The summed E-state index contributed by atoms with van der Waals surface area (Å²) in [5.41, 5.74) is 2.42. The molecule has 98 valence electrons. The highest BCUT2D eigenvalue weighted by molar-refractivity contribution is 5.36. The number of hydrogen-bond donors (Lipinski definition) is 1. The van der Waals surface area contributed by atoms with E-state index >= 15 is 0 Å². The molecule has 1 N–H and O–H groups in total. The van der Waals surface area contributed by atoms with Crippen LogP contribution in [0.4, 0.5) is 0 Å². The average Bonchev–Trinajstić information content (AvgIpc) is 2.76. The quantitative estimate of drug-likeness (QED) is 0.864. The van der Waals surface area contributed by atoms with Gasteiger partial charge in [-0.05, 0) is 24.0 Å². The SMILES string of the molecule is CCC1COCCN1C1Cc2ccccc2C1O. The maximum Gasteiger partial charge on any atom is 0.0951 e. The molecule has 1 aliphatic heterocycles. The Hall–Kier alpha value is -0.900. The number of nitrogens with zero attached hydrogens (tertiary/aromatic N) is 1. The van der Waals surface area contributed by atoms with Crippen molar-refractivity contribution in [1.29, 1.82) is 0 Å². The molecular formula is C15H21NO2. The summed E-state index contributed by atoms with van der Waals surface area (Å²) >= 11 is 0. The van der Waals surface area contributed by atoms with Gasteiger partial charge in [-0.1, -0.05) is 31.2 Å². The van der Waals surface area contributed by atoms with Crippen LogP contribution < -0.4 is 0 Å². The summed E-state index contributed by atoms with van der Waals surface area (Å²) in [6.45, 7) is 4.72. The topological polar surface area (TPSA) is 32.7 Å². The lowest BCUT2D eigenvalue weighted by Gasteiger charge is -2.40. The van der Waals surface area contributed by atoms with Crippen molar-refractivity contribution in [2.75, 3.05) is 19.8 Å². The maximum atomic E-state index is 10.5. The molecule has 3 rings (SSSR count). The third-order valence-corrected chi connectivity index (χ3v) is 4.34. The number of aliphatic hydroxyl groups is 1. The molecule has 1 aliphatic carbocycles. The molecule has 2 aliphatic rings. The van der Waals surface area contributed by atoms with Crippen LogP contribution in [0, 0.1) is 0 Å². The van der Waals surface area contributed by atoms with Crippen molar-refractivity contribution in [1.82, 2.24) is 4.90 Å². The van der Waals surface area contributed by atoms with Gasteiger partial charge in [-0.3, -0.25) is 4.90 Å². The van der Waals surface area contributed by atoms with E-state index in [1.807, 2.05) is 6.07 Å². The minimum absolute atomic E-state index is 0.233. The predicted octanol–water partition coefficient (Wildman–Crippen LogP) is 1.76. The van der Waals surface area contributed by atoms with Gasteiger partial charge >= 0.3 is 0 Å². The van der Waals surface area contributed by atoms with Crippen LogP contribution in [0.2, 0.25) is 0 Å². The standard InChI is InChI=1S/C15H21NO2/c1-2-12-10-18-8-7-16(12)14-9-11-5-3-4-6-13(11)15(14)17/h3-6,12,14-15,17H,2,7-10H2,1H3. The Morgan fingerprint density at radius 1 is 1.39 bits per heavy atom. The Bertz CT molecular complexity index is 421. The molecule has 1 saturated heterocycles. The van der Waals surface area contributed by atoms with E-state index in [0.29, 0.717) is 6.04 Å². The molecule has 0 bridgehead atoms. The van der Waals surface area contributed by atoms with Gasteiger partial charge in [-0.25, -0.2) is 0 Å². The Kier molecular flexibility index (Phi) is 3.37. The van der Waals surface area contributed by atoms with Crippen molar-refractivity contribution < 1.29 is 9.84 Å². The summed E-state index contributed by atoms with van der Waals surface area (Å²) in [5.74, 6) is 0. The van der Waals surface area contributed by atoms with E-state index in [4.69, 9.17) is 4.74 Å². The number of rotatable bonds is 2. The van der Waals surface area contributed by atoms with Crippen LogP contribution in [0.15, 0.2) is 24.3 Å². The third-order valence-electron chi connectivity index (χ3n) is 4.34. The average molecular weight is 247 g/mol. The Balaban J connectivity index is 1.82. The van der Waals surface area contributed by atoms with Crippen molar-refractivity contribution >= 4 is 0 Å². The molecule has 1 aromatic rings. The lowest BCUT2D eigenvalue weighted by atomic mass is 10.0. The van der Waals surface area contributed by atoms with E-state index in [2.05, 4.69) is 30.0 Å². The highest BCUT2D eigenvalue weighted by atomic mass is 16.5. The van der Waals surface area contributed by atoms with E-state index in [-0.39, 0.29) is 12.1 Å². The van der Waals surface area contributed by atoms with Crippen LogP contribution in [0.5, 0.6) is 0 Å². The van der Waals surface area contributed by atoms with E-state index in [1.165, 1.54) is 5.56 Å². The van der Waals surface area contributed by atoms with Crippen molar-refractivity contribution in [3.05, 3.63) is 35.4 Å². The molecule has 3 unspecified atom stereocenters. The first-order valence-electron chi connectivity index (χ1n) is 6.90. The molecule has 1 fully saturated rings. The number of aliphatic hydroxyl groups excluding tert-OH is 1. The summed E-state index contributed by atoms with van der Waals surface area (Å²) in [4.78, 5) is 2.45. The summed E-state index contributed by atoms with van der Waals surface area (Å²) < 4.78 is 5.55. The fraction of sp³-hybridized carbons (Fsp3) is 0.600. The van der Waals surface area contributed by atoms with Gasteiger partial charge in [0.2, 0.25) is 0 Å². The number of morpholine rings is 1. The van der Waals surface area contributed by atoms with Gasteiger partial charge in [0.25, 0.3) is 0 Å². The molecular weight excluding hydrogens is 226 g/mol. The normalized spacial score (nSPS) is 32.4. The predicted molar refractivity (Wildman–Crippen MR) is 70.5 cm³/mol. The van der Waals surface area contributed by atoms with E-state index in [9.17, 15) is 5.11 Å². The third kappa shape index (κ3) is 1.96. The fourth-order valence-corrected chi connectivity index (χ4v) is 3.31. The molecule has 0 radical (unpaired) electrons. The zero-order valence-electron chi connectivity index (χ0n) is 10.9. The smallest absolute Gasteiger partial charge is 0.0951 e. The van der Waals surface area contributed by atoms with Crippen LogP contribution in [0.3, 0.4) is 0 Å². The van der Waals surface area contributed by atoms with Gasteiger partial charge in [-0.2, -0.15) is 0 Å². The molecule has 1 heterocycles. The largest absolute Gasteiger partial charge is 0.387 e. The first kappa shape index (κ1) is 12.2. The number of hydrogen-bond acceptors (Lipinski definition) is 3. The Morgan fingerprint density at radius 3 is 3.00 bits per heavy atom. The van der Waals surface area contributed by atoms with Crippen molar-refractivity contribution in [2.45, 2.75) is 38.0 Å². The summed E-state index contributed by atoms with van der Waals surface area (Å²) in [7, 11) is 0. The lowest BCUT2D eigenvalue weighted by molar-refractivity contribution is -0.0559. The van der Waals surface area contributed by atoms with Gasteiger partial charge < -0.3 is 9.84 Å². The first-order chi connectivity index (χ1) is 8.81. The van der Waals surface area contributed by atoms with Gasteiger partial charge in [0.15, 0.2) is 0 Å². The van der Waals surface area contributed by atoms with Crippen LogP contribution in [0.1, 0.15) is 30.6 Å². The second-order valence-corrected chi connectivity index (χ2v) is 5.29. The molecule has 18 heavy (non-hydrogen) atoms.